The predicted octanol–water partition coefficient (Wildman–Crippen LogP) is 5.78. The van der Waals surface area contributed by atoms with E-state index in [1.807, 2.05) is 0 Å². The molecule has 5 aliphatic heterocycles. The summed E-state index contributed by atoms with van der Waals surface area (Å²) in [6.07, 6.45) is -9.62. The molecule has 3 aliphatic carbocycles. The molecule has 22 nitrogen and oxygen atoms in total. The summed E-state index contributed by atoms with van der Waals surface area (Å²) in [6, 6.07) is 22.9. The van der Waals surface area contributed by atoms with E-state index in [-0.39, 0.29) is 35.3 Å². The minimum atomic E-state index is -2.84. The second kappa shape index (κ2) is 27.1. The Bertz CT molecular complexity index is 3110. The number of ether oxygens (including phenoxy) is 5. The van der Waals surface area contributed by atoms with Crippen LogP contribution in [0, 0.1) is 16.7 Å². The Hall–Kier alpha value is -4.52. The maximum atomic E-state index is 15.5. The van der Waals surface area contributed by atoms with E-state index >= 15 is 4.79 Å². The van der Waals surface area contributed by atoms with E-state index in [0.29, 0.717) is 37.0 Å². The topological polar surface area (TPSA) is 272 Å². The molecule has 7 fully saturated rings. The van der Waals surface area contributed by atoms with Gasteiger partial charge in [0.25, 0.3) is 5.91 Å². The Morgan fingerprint density at radius 3 is 1.89 bits per heavy atom. The van der Waals surface area contributed by atoms with Crippen molar-refractivity contribution in [3.05, 3.63) is 119 Å². The molecule has 8 aliphatic rings. The van der Waals surface area contributed by atoms with Crippen LogP contribution in [0.15, 0.2) is 102 Å². The van der Waals surface area contributed by atoms with Crippen LogP contribution in [0.1, 0.15) is 93.1 Å². The summed E-state index contributed by atoms with van der Waals surface area (Å²) >= 11 is 17.0. The Labute approximate surface area is 522 Å². The highest BCUT2D eigenvalue weighted by atomic mass is 35.5. The number of amides is 1. The highest BCUT2D eigenvalue weighted by Gasteiger charge is 2.78. The van der Waals surface area contributed by atoms with Gasteiger partial charge in [-0.05, 0) is 73.1 Å². The van der Waals surface area contributed by atoms with Crippen molar-refractivity contribution in [1.82, 2.24) is 29.1 Å². The second-order valence-electron chi connectivity index (χ2n) is 23.7. The van der Waals surface area contributed by atoms with Crippen molar-refractivity contribution in [2.75, 3.05) is 83.9 Å². The van der Waals surface area contributed by atoms with Gasteiger partial charge in [0.1, 0.15) is 30.4 Å². The zero-order chi connectivity index (χ0) is 62.9. The highest BCUT2D eigenvalue weighted by molar-refractivity contribution is 8.11. The van der Waals surface area contributed by atoms with Crippen LogP contribution in [0.4, 0.5) is 0 Å². The van der Waals surface area contributed by atoms with Crippen molar-refractivity contribution in [1.29, 1.82) is 0 Å². The van der Waals surface area contributed by atoms with E-state index in [1.54, 1.807) is 97.4 Å². The van der Waals surface area contributed by atoms with Crippen LogP contribution >= 0.6 is 37.4 Å². The minimum absolute atomic E-state index is 0.00289. The lowest BCUT2D eigenvalue weighted by Crippen LogP contribution is -2.82. The molecule has 3 aromatic carbocycles. The van der Waals surface area contributed by atoms with Crippen molar-refractivity contribution in [3.8, 4) is 0 Å². The number of Topliss-reactive ketones (excluding diaryl/α,β-unsaturated/α-hetero) is 1. The number of aliphatic hydroxyl groups is 3. The zero-order valence-electron chi connectivity index (χ0n) is 49.6. The van der Waals surface area contributed by atoms with Gasteiger partial charge < -0.3 is 48.8 Å². The summed E-state index contributed by atoms with van der Waals surface area (Å²) in [5, 5.41) is 43.1. The molecule has 3 aromatic rings. The average Bonchev–Trinajstić information content (AvgIpc) is 1.56. The lowest BCUT2D eigenvalue weighted by atomic mass is 9.44. The molecule has 2 saturated carbocycles. The largest absolute Gasteiger partial charge is 0.456 e. The van der Waals surface area contributed by atoms with Gasteiger partial charge in [-0.3, -0.25) is 23.7 Å². The first-order valence-corrected chi connectivity index (χ1v) is 34.6. The lowest BCUT2D eigenvalue weighted by Gasteiger charge is -2.67. The van der Waals surface area contributed by atoms with Crippen molar-refractivity contribution in [3.63, 3.8) is 0 Å². The fourth-order valence-electron chi connectivity index (χ4n) is 12.9. The number of nitrogens with zero attached hydrogens (tertiary/aromatic N) is 4. The third kappa shape index (κ3) is 13.5. The van der Waals surface area contributed by atoms with Gasteiger partial charge in [-0.25, -0.2) is 33.4 Å². The molecule has 2 bridgehead atoms. The number of benzene rings is 3. The first-order chi connectivity index (χ1) is 41.3. The van der Waals surface area contributed by atoms with Crippen molar-refractivity contribution < 1.29 is 76.9 Å². The smallest absolute Gasteiger partial charge is 0.343 e. The van der Waals surface area contributed by atoms with Gasteiger partial charge in [-0.1, -0.05) is 80.6 Å². The molecule has 474 valence electrons. The first kappa shape index (κ1) is 66.9. The number of esters is 4. The van der Waals surface area contributed by atoms with Crippen LogP contribution in [0.5, 0.6) is 0 Å². The second-order valence-corrected chi connectivity index (χ2v) is 30.8. The van der Waals surface area contributed by atoms with E-state index in [1.165, 1.54) is 65.2 Å². The molecule has 0 spiro atoms. The molecule has 5 N–H and O–H groups in total. The molecular formula is C60H78Cl2N6O16P2S. The molecule has 5 heterocycles. The number of hydrogen-bond acceptors (Lipinski definition) is 17. The highest BCUT2D eigenvalue weighted by Crippen LogP contribution is 2.66. The molecule has 5 saturated heterocycles. The molecule has 0 aromatic heterocycles. The first-order valence-electron chi connectivity index (χ1n) is 29.3. The Morgan fingerprint density at radius 1 is 0.851 bits per heavy atom. The summed E-state index contributed by atoms with van der Waals surface area (Å²) in [6.45, 7) is 16.5. The van der Waals surface area contributed by atoms with Crippen LogP contribution in [0.25, 0.3) is 0 Å². The molecule has 12 atom stereocenters. The van der Waals surface area contributed by atoms with Gasteiger partial charge in [0, 0.05) is 108 Å². The SMILES string of the molecule is CC(=O)O[C@H]1C(=O)[C@@]2(C)[C@H]([C@H](OC(=O)c3ccccc3)[C@]3(O)C[C@H](OC(=O)[C@H](O)[C@@H](NC(=O)c4ccccc4)c4ccccc4)C(C)=C1C3(C)C)[C@]1(OC(C)=O)CO[C@@H]1C[C@@H]2O.O=P1(N(CCCl)CCCl)NCCCO1.S=P(N1CC1)(N1CC1)N1CC1. The number of rotatable bonds is 18. The van der Waals surface area contributed by atoms with E-state index in [0.717, 1.165) is 26.8 Å². The minimum Gasteiger partial charge on any atom is -0.456 e. The number of carbonyl (C=O) groups excluding carboxylic acids is 6. The third-order valence-electron chi connectivity index (χ3n) is 17.8. The van der Waals surface area contributed by atoms with Gasteiger partial charge in [0.05, 0.1) is 42.3 Å². The van der Waals surface area contributed by atoms with Gasteiger partial charge in [0.15, 0.2) is 23.6 Å². The molecule has 27 heteroatoms. The molecule has 87 heavy (non-hydrogen) atoms. The van der Waals surface area contributed by atoms with Crippen molar-refractivity contribution in [2.45, 2.75) is 115 Å². The Balaban J connectivity index is 0.000000293. The van der Waals surface area contributed by atoms with Crippen LogP contribution in [0.3, 0.4) is 0 Å². The molecule has 1 amide bonds. The van der Waals surface area contributed by atoms with E-state index in [2.05, 4.69) is 24.4 Å². The number of aliphatic hydroxyl groups excluding tert-OH is 2. The summed E-state index contributed by atoms with van der Waals surface area (Å²) in [4.78, 5) is 83.5. The quantitative estimate of drug-likeness (QED) is 0.0252. The standard InChI is InChI=1S/C47H51NO14.C7H15Cl2N2O2P.C6H12N3PS/c1-25-31(60-43(56)36(52)35(28-16-10-7-11-17-28)48-41(54)29-18-12-8-13-19-29)23-47(57)40(61-42(55)30-20-14-9-15-21-30)38-45(6,32(51)22-33-46(38,24-58-33)62-27(3)50)39(53)37(59-26(2)49)34(25)44(47,4)5;8-2-5-11(6-3-9)14(12)10-4-1-7-13-14;11-10(7-1-2-7,8-3-4-8)9-5-6-9/h7-21,31-33,35-38,40,51-52,57H,22-24H2,1-6H3,(H,48,54);1-7H2,(H,10,12);1-6H2/t31-,32-,33+,35-,36+,37+,38-,40-,45+,46-,47+;;/m0../s1. The lowest BCUT2D eigenvalue weighted by molar-refractivity contribution is -0.346. The summed E-state index contributed by atoms with van der Waals surface area (Å²) < 4.78 is 56.9. The number of alkyl halides is 2. The van der Waals surface area contributed by atoms with Crippen LogP contribution < -0.4 is 10.4 Å². The fourth-order valence-corrected chi connectivity index (χ4v) is 19.9. The normalized spacial score (nSPS) is 31.3. The Morgan fingerprint density at radius 2 is 1.40 bits per heavy atom. The number of ketones is 1. The van der Waals surface area contributed by atoms with E-state index in [4.69, 9.17) is 63.2 Å². The monoisotopic (exact) mass is 1300 g/mol. The van der Waals surface area contributed by atoms with Gasteiger partial charge in [0.2, 0.25) is 0 Å². The van der Waals surface area contributed by atoms with Gasteiger partial charge >= 0.3 is 31.5 Å². The average molecular weight is 1300 g/mol. The third-order valence-corrected chi connectivity index (χ3v) is 25.9. The summed E-state index contributed by atoms with van der Waals surface area (Å²) in [5.41, 5.74) is -7.02. The van der Waals surface area contributed by atoms with Crippen LogP contribution in [-0.2, 0) is 63.8 Å². The maximum absolute atomic E-state index is 15.5. The van der Waals surface area contributed by atoms with Gasteiger partial charge in [-0.15, -0.1) is 23.2 Å². The number of carbonyl (C=O) groups is 6. The van der Waals surface area contributed by atoms with Crippen LogP contribution in [-0.4, -0.2) is 201 Å². The number of halogens is 2. The van der Waals surface area contributed by atoms with E-state index in [9.17, 15) is 43.9 Å². The Kier molecular flexibility index (Phi) is 20.9. The van der Waals surface area contributed by atoms with E-state index < -0.39 is 127 Å². The number of fused-ring (bicyclic) bond motifs is 5. The molecule has 1 unspecified atom stereocenters. The number of hydrogen-bond donors (Lipinski definition) is 5. The van der Waals surface area contributed by atoms with Crippen molar-refractivity contribution in [2.24, 2.45) is 16.7 Å². The van der Waals surface area contributed by atoms with Crippen LogP contribution in [0.2, 0.25) is 0 Å². The fraction of sp³-hybridized carbons (Fsp3) is 0.567. The predicted molar refractivity (Wildman–Crippen MR) is 326 cm³/mol. The van der Waals surface area contributed by atoms with Gasteiger partial charge in [-0.2, -0.15) is 0 Å². The molecule has 11 rings (SSSR count). The molecule has 0 radical (unpaired) electrons. The molecular weight excluding hydrogens is 1230 g/mol. The summed E-state index contributed by atoms with van der Waals surface area (Å²) in [7, 11) is -2.84. The maximum Gasteiger partial charge on any atom is 0.343 e. The zero-order valence-corrected chi connectivity index (χ0v) is 53.7. The van der Waals surface area contributed by atoms with Crippen molar-refractivity contribution >= 4 is 84.7 Å². The summed E-state index contributed by atoms with van der Waals surface area (Å²) in [5.74, 6) is -6.00. The number of nitrogens with one attached hydrogen (secondary N) is 2.